The van der Waals surface area contributed by atoms with Gasteiger partial charge in [-0.1, -0.05) is 20.8 Å². The van der Waals surface area contributed by atoms with Crippen molar-refractivity contribution < 1.29 is 14.6 Å². The van der Waals surface area contributed by atoms with Crippen molar-refractivity contribution in [3.05, 3.63) is 0 Å². The monoisotopic (exact) mass is 285 g/mol. The Bertz CT molecular complexity index is 296. The molecule has 0 aromatic carbocycles. The lowest BCUT2D eigenvalue weighted by atomic mass is 9.70. The number of aliphatic carboxylic acids is 1. The van der Waals surface area contributed by atoms with Crippen LogP contribution in [0.3, 0.4) is 0 Å². The summed E-state index contributed by atoms with van der Waals surface area (Å²) in [5.74, 6) is 0.593. The van der Waals surface area contributed by atoms with Gasteiger partial charge in [0.05, 0.1) is 12.0 Å². The van der Waals surface area contributed by atoms with E-state index >= 15 is 0 Å². The van der Waals surface area contributed by atoms with Crippen molar-refractivity contribution in [2.45, 2.75) is 46.5 Å². The molecule has 0 heterocycles. The molecule has 0 aliphatic heterocycles. The zero-order valence-electron chi connectivity index (χ0n) is 13.5. The zero-order chi connectivity index (χ0) is 15.2. The first kappa shape index (κ1) is 17.4. The maximum absolute atomic E-state index is 11.8. The highest BCUT2D eigenvalue weighted by molar-refractivity contribution is 5.75. The third kappa shape index (κ3) is 5.06. The van der Waals surface area contributed by atoms with Crippen molar-refractivity contribution in [2.75, 3.05) is 33.4 Å². The number of hydrogen-bond acceptors (Lipinski definition) is 3. The van der Waals surface area contributed by atoms with Gasteiger partial charge in [0.2, 0.25) is 0 Å². The molecule has 0 bridgehead atoms. The molecule has 1 aliphatic carbocycles. The predicted molar refractivity (Wildman–Crippen MR) is 80.9 cm³/mol. The van der Waals surface area contributed by atoms with Crippen molar-refractivity contribution >= 4 is 5.97 Å². The molecule has 4 heteroatoms. The number of carboxylic acids is 1. The summed E-state index contributed by atoms with van der Waals surface area (Å²) in [5, 5.41) is 9.73. The van der Waals surface area contributed by atoms with E-state index in [1.54, 1.807) is 7.11 Å². The SMILES string of the molecule is COCCN(CC(C)C)CC1(C(=O)O)CCC(C)CC1. The van der Waals surface area contributed by atoms with Crippen molar-refractivity contribution in [3.63, 3.8) is 0 Å². The van der Waals surface area contributed by atoms with Gasteiger partial charge in [-0.05, 0) is 37.5 Å². The fourth-order valence-corrected chi connectivity index (χ4v) is 3.15. The van der Waals surface area contributed by atoms with Crippen LogP contribution in [-0.4, -0.2) is 49.3 Å². The van der Waals surface area contributed by atoms with Crippen molar-refractivity contribution in [1.82, 2.24) is 4.90 Å². The van der Waals surface area contributed by atoms with Gasteiger partial charge in [0, 0.05) is 26.7 Å². The summed E-state index contributed by atoms with van der Waals surface area (Å²) in [6.07, 6.45) is 3.69. The third-order valence-electron chi connectivity index (χ3n) is 4.45. The Labute approximate surface area is 123 Å². The Hall–Kier alpha value is -0.610. The molecule has 20 heavy (non-hydrogen) atoms. The minimum absolute atomic E-state index is 0.542. The Kier molecular flexibility index (Phi) is 6.96. The molecule has 1 fully saturated rings. The molecule has 0 atom stereocenters. The highest BCUT2D eigenvalue weighted by Gasteiger charge is 2.42. The maximum atomic E-state index is 11.8. The van der Waals surface area contributed by atoms with Crippen LogP contribution in [-0.2, 0) is 9.53 Å². The van der Waals surface area contributed by atoms with Gasteiger partial charge >= 0.3 is 5.97 Å². The Morgan fingerprint density at radius 3 is 2.45 bits per heavy atom. The summed E-state index contributed by atoms with van der Waals surface area (Å²) in [4.78, 5) is 14.1. The highest BCUT2D eigenvalue weighted by Crippen LogP contribution is 2.40. The summed E-state index contributed by atoms with van der Waals surface area (Å²) in [6, 6.07) is 0. The normalized spacial score (nSPS) is 27.2. The van der Waals surface area contributed by atoms with E-state index in [1.165, 1.54) is 0 Å². The molecule has 4 nitrogen and oxygen atoms in total. The topological polar surface area (TPSA) is 49.8 Å². The van der Waals surface area contributed by atoms with E-state index in [1.807, 2.05) is 0 Å². The Morgan fingerprint density at radius 1 is 1.40 bits per heavy atom. The minimum Gasteiger partial charge on any atom is -0.481 e. The number of methoxy groups -OCH3 is 1. The summed E-state index contributed by atoms with van der Waals surface area (Å²) >= 11 is 0. The summed E-state index contributed by atoms with van der Waals surface area (Å²) < 4.78 is 5.16. The highest BCUT2D eigenvalue weighted by atomic mass is 16.5. The lowest BCUT2D eigenvalue weighted by Gasteiger charge is -2.40. The second kappa shape index (κ2) is 7.99. The number of carbonyl (C=O) groups is 1. The van der Waals surface area contributed by atoms with Crippen LogP contribution in [0.5, 0.6) is 0 Å². The summed E-state index contributed by atoms with van der Waals surface area (Å²) in [7, 11) is 1.70. The largest absolute Gasteiger partial charge is 0.481 e. The van der Waals surface area contributed by atoms with Gasteiger partial charge in [-0.25, -0.2) is 0 Å². The van der Waals surface area contributed by atoms with Gasteiger partial charge in [-0.3, -0.25) is 9.69 Å². The molecule has 0 saturated heterocycles. The predicted octanol–water partition coefficient (Wildman–Crippen LogP) is 2.87. The van der Waals surface area contributed by atoms with Crippen LogP contribution in [0, 0.1) is 17.3 Å². The molecule has 1 rings (SSSR count). The molecule has 0 spiro atoms. The van der Waals surface area contributed by atoms with Gasteiger partial charge in [0.1, 0.15) is 0 Å². The second-order valence-corrected chi connectivity index (χ2v) is 6.89. The number of hydrogen-bond donors (Lipinski definition) is 1. The fraction of sp³-hybridized carbons (Fsp3) is 0.938. The number of rotatable bonds is 8. The van der Waals surface area contributed by atoms with Crippen LogP contribution in [0.1, 0.15) is 46.5 Å². The van der Waals surface area contributed by atoms with E-state index in [2.05, 4.69) is 25.7 Å². The van der Waals surface area contributed by atoms with E-state index in [-0.39, 0.29) is 0 Å². The van der Waals surface area contributed by atoms with Gasteiger partial charge in [-0.2, -0.15) is 0 Å². The molecule has 0 amide bonds. The average molecular weight is 285 g/mol. The average Bonchev–Trinajstić information content (AvgIpc) is 2.38. The number of nitrogens with zero attached hydrogens (tertiary/aromatic N) is 1. The van der Waals surface area contributed by atoms with Crippen LogP contribution in [0.2, 0.25) is 0 Å². The molecule has 0 unspecified atom stereocenters. The lowest BCUT2D eigenvalue weighted by Crippen LogP contribution is -2.47. The smallest absolute Gasteiger partial charge is 0.310 e. The zero-order valence-corrected chi connectivity index (χ0v) is 13.5. The van der Waals surface area contributed by atoms with Crippen LogP contribution in [0.15, 0.2) is 0 Å². The van der Waals surface area contributed by atoms with Crippen LogP contribution in [0.4, 0.5) is 0 Å². The number of ether oxygens (including phenoxy) is 1. The Balaban J connectivity index is 2.71. The molecular formula is C16H31NO3. The standard InChI is InChI=1S/C16H31NO3/c1-13(2)11-17(9-10-20-4)12-16(15(18)19)7-5-14(3)6-8-16/h13-14H,5-12H2,1-4H3,(H,18,19). The van der Waals surface area contributed by atoms with Gasteiger partial charge < -0.3 is 9.84 Å². The van der Waals surface area contributed by atoms with Gasteiger partial charge in [0.25, 0.3) is 0 Å². The minimum atomic E-state index is -0.615. The molecule has 0 aromatic heterocycles. The maximum Gasteiger partial charge on any atom is 0.310 e. The first-order valence-corrected chi connectivity index (χ1v) is 7.84. The van der Waals surface area contributed by atoms with Crippen LogP contribution < -0.4 is 0 Å². The molecule has 0 aromatic rings. The Morgan fingerprint density at radius 2 is 2.00 bits per heavy atom. The van der Waals surface area contributed by atoms with Crippen LogP contribution >= 0.6 is 0 Å². The molecule has 118 valence electrons. The summed E-state index contributed by atoms with van der Waals surface area (Å²) in [6.45, 7) is 9.66. The molecular weight excluding hydrogens is 254 g/mol. The molecule has 1 aliphatic rings. The summed E-state index contributed by atoms with van der Waals surface area (Å²) in [5.41, 5.74) is -0.546. The van der Waals surface area contributed by atoms with Gasteiger partial charge in [0.15, 0.2) is 0 Å². The quantitative estimate of drug-likeness (QED) is 0.745. The van der Waals surface area contributed by atoms with E-state index in [0.717, 1.165) is 38.8 Å². The van der Waals surface area contributed by atoms with Crippen molar-refractivity contribution in [1.29, 1.82) is 0 Å². The second-order valence-electron chi connectivity index (χ2n) is 6.89. The fourth-order valence-electron chi connectivity index (χ4n) is 3.15. The first-order valence-electron chi connectivity index (χ1n) is 7.84. The third-order valence-corrected chi connectivity index (χ3v) is 4.45. The lowest BCUT2D eigenvalue weighted by molar-refractivity contribution is -0.153. The van der Waals surface area contributed by atoms with Gasteiger partial charge in [-0.15, -0.1) is 0 Å². The van der Waals surface area contributed by atoms with E-state index in [0.29, 0.717) is 25.0 Å². The molecule has 1 N–H and O–H groups in total. The van der Waals surface area contributed by atoms with Crippen LogP contribution in [0.25, 0.3) is 0 Å². The number of carboxylic acid groups (broad SMARTS) is 1. The molecule has 1 saturated carbocycles. The van der Waals surface area contributed by atoms with E-state index < -0.39 is 11.4 Å². The van der Waals surface area contributed by atoms with E-state index in [9.17, 15) is 9.90 Å². The molecule has 0 radical (unpaired) electrons. The van der Waals surface area contributed by atoms with Crippen molar-refractivity contribution in [2.24, 2.45) is 17.3 Å². The van der Waals surface area contributed by atoms with Crippen molar-refractivity contribution in [3.8, 4) is 0 Å². The first-order chi connectivity index (χ1) is 9.39. The van der Waals surface area contributed by atoms with E-state index in [4.69, 9.17) is 4.74 Å².